The Hall–Kier alpha value is -3.69. The highest BCUT2D eigenvalue weighted by atomic mass is 35.5. The fourth-order valence-electron chi connectivity index (χ4n) is 3.65. The molecule has 0 aliphatic carbocycles. The molecule has 0 unspecified atom stereocenters. The number of benzene rings is 3. The number of carboxylic acids is 1. The maximum atomic E-state index is 13.4. The zero-order chi connectivity index (χ0) is 25.2. The SMILES string of the molecule is CN(CC(=O)O)Cc1ccc(-c2noc(-c3ccc(-c4ccccc4C(F)(F)F)c(Cl)c3)n2)cc1. The first-order valence-electron chi connectivity index (χ1n) is 10.4. The largest absolute Gasteiger partial charge is 0.480 e. The van der Waals surface area contributed by atoms with Crippen molar-refractivity contribution in [3.63, 3.8) is 0 Å². The number of aromatic nitrogens is 2. The van der Waals surface area contributed by atoms with E-state index in [0.29, 0.717) is 23.5 Å². The minimum Gasteiger partial charge on any atom is -0.480 e. The summed E-state index contributed by atoms with van der Waals surface area (Å²) in [4.78, 5) is 16.9. The molecule has 0 aliphatic rings. The van der Waals surface area contributed by atoms with Gasteiger partial charge in [0.05, 0.1) is 12.1 Å². The summed E-state index contributed by atoms with van der Waals surface area (Å²) in [6, 6.07) is 17.1. The number of hydrogen-bond donors (Lipinski definition) is 1. The van der Waals surface area contributed by atoms with Crippen molar-refractivity contribution in [2.45, 2.75) is 12.7 Å². The summed E-state index contributed by atoms with van der Waals surface area (Å²) in [5.41, 5.74) is 1.53. The van der Waals surface area contributed by atoms with Crippen molar-refractivity contribution in [2.75, 3.05) is 13.6 Å². The van der Waals surface area contributed by atoms with Crippen molar-refractivity contribution in [1.82, 2.24) is 15.0 Å². The van der Waals surface area contributed by atoms with Crippen LogP contribution < -0.4 is 0 Å². The average Bonchev–Trinajstić information content (AvgIpc) is 3.29. The highest BCUT2D eigenvalue weighted by Gasteiger charge is 2.33. The van der Waals surface area contributed by atoms with Crippen LogP contribution in [0.25, 0.3) is 34.0 Å². The molecular weight excluding hydrogens is 483 g/mol. The number of aliphatic carboxylic acids is 1. The van der Waals surface area contributed by atoms with Crippen molar-refractivity contribution >= 4 is 17.6 Å². The van der Waals surface area contributed by atoms with Crippen LogP contribution in [0.15, 0.2) is 71.3 Å². The van der Waals surface area contributed by atoms with Gasteiger partial charge in [-0.3, -0.25) is 9.69 Å². The standard InChI is InChI=1S/C25H19ClF3N3O3/c1-32(14-22(33)34)13-15-6-8-16(9-7-15)23-30-24(35-31-23)17-10-11-19(21(26)12-17)18-4-2-3-5-20(18)25(27,28)29/h2-12H,13-14H2,1H3,(H,33,34). The minimum atomic E-state index is -4.51. The van der Waals surface area contributed by atoms with Gasteiger partial charge in [0.25, 0.3) is 5.89 Å². The Morgan fingerprint density at radius 2 is 1.71 bits per heavy atom. The number of rotatable bonds is 7. The number of carbonyl (C=O) groups is 1. The monoisotopic (exact) mass is 501 g/mol. The first kappa shape index (κ1) is 24.4. The van der Waals surface area contributed by atoms with Crippen molar-refractivity contribution in [2.24, 2.45) is 0 Å². The van der Waals surface area contributed by atoms with Crippen LogP contribution in [-0.4, -0.2) is 39.7 Å². The Bertz CT molecular complexity index is 1350. The second-order valence-electron chi connectivity index (χ2n) is 7.92. The van der Waals surface area contributed by atoms with Crippen LogP contribution >= 0.6 is 11.6 Å². The topological polar surface area (TPSA) is 79.5 Å². The van der Waals surface area contributed by atoms with Gasteiger partial charge in [0.2, 0.25) is 5.82 Å². The molecule has 4 aromatic rings. The first-order valence-corrected chi connectivity index (χ1v) is 10.8. The lowest BCUT2D eigenvalue weighted by Crippen LogP contribution is -2.25. The summed E-state index contributed by atoms with van der Waals surface area (Å²) in [5.74, 6) is -0.406. The average molecular weight is 502 g/mol. The van der Waals surface area contributed by atoms with Crippen molar-refractivity contribution in [3.05, 3.63) is 82.9 Å². The van der Waals surface area contributed by atoms with E-state index < -0.39 is 17.7 Å². The highest BCUT2D eigenvalue weighted by Crippen LogP contribution is 2.40. The number of alkyl halides is 3. The van der Waals surface area contributed by atoms with Crippen molar-refractivity contribution in [1.29, 1.82) is 0 Å². The van der Waals surface area contributed by atoms with Crippen LogP contribution in [0.5, 0.6) is 0 Å². The van der Waals surface area contributed by atoms with Gasteiger partial charge in [0.15, 0.2) is 0 Å². The van der Waals surface area contributed by atoms with Crippen molar-refractivity contribution < 1.29 is 27.6 Å². The summed E-state index contributed by atoms with van der Waals surface area (Å²) in [6.45, 7) is 0.394. The fourth-order valence-corrected chi connectivity index (χ4v) is 3.93. The molecule has 1 heterocycles. The summed E-state index contributed by atoms with van der Waals surface area (Å²) >= 11 is 6.35. The molecule has 0 saturated heterocycles. The second kappa shape index (κ2) is 9.89. The Labute approximate surface area is 203 Å². The van der Waals surface area contributed by atoms with Gasteiger partial charge < -0.3 is 9.63 Å². The highest BCUT2D eigenvalue weighted by molar-refractivity contribution is 6.33. The number of halogens is 4. The van der Waals surface area contributed by atoms with Gasteiger partial charge in [-0.25, -0.2) is 0 Å². The van der Waals surface area contributed by atoms with Crippen LogP contribution in [0.3, 0.4) is 0 Å². The fraction of sp³-hybridized carbons (Fsp3) is 0.160. The smallest absolute Gasteiger partial charge is 0.417 e. The molecule has 4 rings (SSSR count). The lowest BCUT2D eigenvalue weighted by atomic mass is 9.98. The van der Waals surface area contributed by atoms with E-state index >= 15 is 0 Å². The molecular formula is C25H19ClF3N3O3. The van der Waals surface area contributed by atoms with Crippen LogP contribution in [0.1, 0.15) is 11.1 Å². The van der Waals surface area contributed by atoms with Gasteiger partial charge in [0, 0.05) is 28.3 Å². The van der Waals surface area contributed by atoms with E-state index in [2.05, 4.69) is 10.1 Å². The van der Waals surface area contributed by atoms with Gasteiger partial charge in [-0.05, 0) is 36.4 Å². The van der Waals surface area contributed by atoms with E-state index in [1.54, 1.807) is 30.1 Å². The number of nitrogens with zero attached hydrogens (tertiary/aromatic N) is 3. The van der Waals surface area contributed by atoms with Crippen LogP contribution in [0.2, 0.25) is 5.02 Å². The van der Waals surface area contributed by atoms with Gasteiger partial charge in [-0.15, -0.1) is 0 Å². The molecule has 10 heteroatoms. The Kier molecular flexibility index (Phi) is 6.90. The zero-order valence-corrected chi connectivity index (χ0v) is 19.1. The molecule has 3 aromatic carbocycles. The second-order valence-corrected chi connectivity index (χ2v) is 8.33. The molecule has 0 bridgehead atoms. The molecule has 0 atom stereocenters. The van der Waals surface area contributed by atoms with Gasteiger partial charge >= 0.3 is 12.1 Å². The maximum Gasteiger partial charge on any atom is 0.417 e. The third-order valence-corrected chi connectivity index (χ3v) is 5.55. The molecule has 1 aromatic heterocycles. The number of hydrogen-bond acceptors (Lipinski definition) is 5. The summed E-state index contributed by atoms with van der Waals surface area (Å²) in [6.07, 6.45) is -4.51. The molecule has 180 valence electrons. The molecule has 0 spiro atoms. The summed E-state index contributed by atoms with van der Waals surface area (Å²) in [7, 11) is 1.71. The Morgan fingerprint density at radius 1 is 1.03 bits per heavy atom. The third-order valence-electron chi connectivity index (χ3n) is 5.23. The molecule has 0 radical (unpaired) electrons. The predicted molar refractivity (Wildman–Crippen MR) is 125 cm³/mol. The number of likely N-dealkylation sites (N-methyl/N-ethyl adjacent to an activating group) is 1. The van der Waals surface area contributed by atoms with E-state index in [1.807, 2.05) is 12.1 Å². The number of carboxylic acid groups (broad SMARTS) is 1. The molecule has 0 fully saturated rings. The van der Waals surface area contributed by atoms with Gasteiger partial charge in [-0.1, -0.05) is 65.3 Å². The quantitative estimate of drug-likeness (QED) is 0.322. The predicted octanol–water partition coefficient (Wildman–Crippen LogP) is 6.26. The van der Waals surface area contributed by atoms with E-state index in [0.717, 1.165) is 11.6 Å². The molecule has 0 amide bonds. The van der Waals surface area contributed by atoms with E-state index in [1.165, 1.54) is 30.3 Å². The van der Waals surface area contributed by atoms with Crippen LogP contribution in [-0.2, 0) is 17.5 Å². The van der Waals surface area contributed by atoms with Crippen LogP contribution in [0, 0.1) is 0 Å². The van der Waals surface area contributed by atoms with Gasteiger partial charge in [0.1, 0.15) is 0 Å². The molecule has 0 aliphatic heterocycles. The molecule has 0 saturated carbocycles. The first-order chi connectivity index (χ1) is 16.6. The Balaban J connectivity index is 1.55. The maximum absolute atomic E-state index is 13.4. The van der Waals surface area contributed by atoms with Crippen LogP contribution in [0.4, 0.5) is 13.2 Å². The summed E-state index contributed by atoms with van der Waals surface area (Å²) < 4.78 is 45.6. The van der Waals surface area contributed by atoms with E-state index in [9.17, 15) is 18.0 Å². The molecule has 35 heavy (non-hydrogen) atoms. The third kappa shape index (κ3) is 5.70. The zero-order valence-electron chi connectivity index (χ0n) is 18.4. The lowest BCUT2D eigenvalue weighted by Gasteiger charge is -2.14. The van der Waals surface area contributed by atoms with Crippen molar-refractivity contribution in [3.8, 4) is 34.0 Å². The molecule has 6 nitrogen and oxygen atoms in total. The Morgan fingerprint density at radius 3 is 2.37 bits per heavy atom. The molecule has 1 N–H and O–H groups in total. The summed E-state index contributed by atoms with van der Waals surface area (Å²) in [5, 5.41) is 13.0. The van der Waals surface area contributed by atoms with Gasteiger partial charge in [-0.2, -0.15) is 18.2 Å². The van der Waals surface area contributed by atoms with E-state index in [-0.39, 0.29) is 28.6 Å². The lowest BCUT2D eigenvalue weighted by molar-refractivity contribution is -0.138. The van der Waals surface area contributed by atoms with E-state index in [4.69, 9.17) is 21.2 Å². The normalized spacial score (nSPS) is 11.7. The minimum absolute atomic E-state index is 0.0168.